The Hall–Kier alpha value is -1.39. The molecule has 1 unspecified atom stereocenters. The van der Waals surface area contributed by atoms with E-state index in [0.29, 0.717) is 11.6 Å². The normalized spacial score (nSPS) is 18.2. The minimum atomic E-state index is -0.507. The molecule has 0 aliphatic heterocycles. The molecule has 5 nitrogen and oxygen atoms in total. The van der Waals surface area contributed by atoms with Gasteiger partial charge in [-0.1, -0.05) is 13.3 Å². The van der Waals surface area contributed by atoms with Crippen LogP contribution in [0.25, 0.3) is 0 Å². The molecule has 0 spiro atoms. The van der Waals surface area contributed by atoms with Crippen molar-refractivity contribution in [2.75, 3.05) is 0 Å². The molecule has 0 amide bonds. The summed E-state index contributed by atoms with van der Waals surface area (Å²) in [5.41, 5.74) is 0.575. The molecule has 1 aliphatic carbocycles. The molecule has 5 heteroatoms. The number of aromatic amines is 1. The topological polar surface area (TPSA) is 67.9 Å². The highest BCUT2D eigenvalue weighted by molar-refractivity contribution is 5.88. The summed E-state index contributed by atoms with van der Waals surface area (Å²) < 4.78 is 5.34. The Labute approximate surface area is 107 Å². The Kier molecular flexibility index (Phi) is 3.41. The van der Waals surface area contributed by atoms with E-state index < -0.39 is 11.6 Å². The van der Waals surface area contributed by atoms with Gasteiger partial charge in [-0.15, -0.1) is 5.10 Å². The molecule has 1 atom stereocenters. The standard InChI is InChI=1S/C13H21N3O2/c1-8(9-6-5-7-9)10-11(15-16-14-10)12(17)18-13(2,3)4/h8-9H,5-7H2,1-4H3,(H,14,15,16). The quantitative estimate of drug-likeness (QED) is 0.838. The number of esters is 1. The summed E-state index contributed by atoms with van der Waals surface area (Å²) in [7, 11) is 0. The molecule has 18 heavy (non-hydrogen) atoms. The summed E-state index contributed by atoms with van der Waals surface area (Å²) in [6.07, 6.45) is 3.69. The number of carbonyl (C=O) groups is 1. The summed E-state index contributed by atoms with van der Waals surface area (Å²) in [5, 5.41) is 10.6. The van der Waals surface area contributed by atoms with Crippen molar-refractivity contribution in [3.05, 3.63) is 11.4 Å². The predicted octanol–water partition coefficient (Wildman–Crippen LogP) is 2.66. The highest BCUT2D eigenvalue weighted by atomic mass is 16.6. The van der Waals surface area contributed by atoms with Crippen LogP contribution in [-0.4, -0.2) is 27.0 Å². The molecule has 1 N–H and O–H groups in total. The maximum Gasteiger partial charge on any atom is 0.361 e. The van der Waals surface area contributed by atoms with Crippen LogP contribution in [0.5, 0.6) is 0 Å². The second-order valence-electron chi connectivity index (χ2n) is 6.04. The first-order valence-corrected chi connectivity index (χ1v) is 6.52. The first-order valence-electron chi connectivity index (χ1n) is 6.52. The lowest BCUT2D eigenvalue weighted by molar-refractivity contribution is 0.00603. The van der Waals surface area contributed by atoms with Crippen LogP contribution in [0.3, 0.4) is 0 Å². The van der Waals surface area contributed by atoms with Gasteiger partial charge in [-0.3, -0.25) is 0 Å². The van der Waals surface area contributed by atoms with Crippen LogP contribution in [0.4, 0.5) is 0 Å². The van der Waals surface area contributed by atoms with Crippen LogP contribution in [0.15, 0.2) is 0 Å². The van der Waals surface area contributed by atoms with E-state index in [0.717, 1.165) is 5.69 Å². The zero-order valence-corrected chi connectivity index (χ0v) is 11.5. The van der Waals surface area contributed by atoms with E-state index in [1.165, 1.54) is 19.3 Å². The molecule has 1 fully saturated rings. The van der Waals surface area contributed by atoms with Crippen molar-refractivity contribution in [1.82, 2.24) is 15.4 Å². The van der Waals surface area contributed by atoms with Crippen molar-refractivity contribution in [1.29, 1.82) is 0 Å². The van der Waals surface area contributed by atoms with Crippen molar-refractivity contribution in [3.63, 3.8) is 0 Å². The van der Waals surface area contributed by atoms with Crippen molar-refractivity contribution in [3.8, 4) is 0 Å². The number of H-pyrrole nitrogens is 1. The van der Waals surface area contributed by atoms with Gasteiger partial charge in [-0.25, -0.2) is 4.79 Å². The molecule has 1 aromatic heterocycles. The maximum atomic E-state index is 12.0. The van der Waals surface area contributed by atoms with Gasteiger partial charge < -0.3 is 4.74 Å². The molecule has 2 rings (SSSR count). The van der Waals surface area contributed by atoms with Gasteiger partial charge in [0.05, 0.1) is 0 Å². The van der Waals surface area contributed by atoms with Crippen molar-refractivity contribution < 1.29 is 9.53 Å². The molecule has 0 bridgehead atoms. The molecular weight excluding hydrogens is 230 g/mol. The van der Waals surface area contributed by atoms with Crippen LogP contribution in [0, 0.1) is 5.92 Å². The Morgan fingerprint density at radius 1 is 1.39 bits per heavy atom. The van der Waals surface area contributed by atoms with E-state index in [-0.39, 0.29) is 5.92 Å². The third-order valence-corrected chi connectivity index (χ3v) is 3.46. The number of nitrogens with zero attached hydrogens (tertiary/aromatic N) is 2. The zero-order valence-electron chi connectivity index (χ0n) is 11.5. The van der Waals surface area contributed by atoms with Crippen LogP contribution >= 0.6 is 0 Å². The number of ether oxygens (including phenoxy) is 1. The monoisotopic (exact) mass is 251 g/mol. The van der Waals surface area contributed by atoms with Gasteiger partial charge in [0.2, 0.25) is 0 Å². The highest BCUT2D eigenvalue weighted by Gasteiger charge is 2.32. The van der Waals surface area contributed by atoms with E-state index in [9.17, 15) is 4.79 Å². The number of aromatic nitrogens is 3. The first kappa shape index (κ1) is 13.1. The van der Waals surface area contributed by atoms with Gasteiger partial charge in [0.1, 0.15) is 11.3 Å². The molecule has 1 heterocycles. The van der Waals surface area contributed by atoms with Crippen LogP contribution < -0.4 is 0 Å². The number of hydrogen-bond donors (Lipinski definition) is 1. The van der Waals surface area contributed by atoms with Gasteiger partial charge in [-0.05, 0) is 39.5 Å². The number of rotatable bonds is 3. The Morgan fingerprint density at radius 3 is 2.56 bits per heavy atom. The average Bonchev–Trinajstić information content (AvgIpc) is 2.59. The summed E-state index contributed by atoms with van der Waals surface area (Å²) in [5.74, 6) is 0.494. The minimum Gasteiger partial charge on any atom is -0.455 e. The zero-order chi connectivity index (χ0) is 13.3. The Balaban J connectivity index is 2.14. The second-order valence-corrected chi connectivity index (χ2v) is 6.04. The van der Waals surface area contributed by atoms with Crippen molar-refractivity contribution in [2.45, 2.75) is 58.5 Å². The van der Waals surface area contributed by atoms with Gasteiger partial charge in [0.15, 0.2) is 5.69 Å². The first-order chi connectivity index (χ1) is 8.38. The van der Waals surface area contributed by atoms with E-state index in [4.69, 9.17) is 4.74 Å². The molecule has 100 valence electrons. The summed E-state index contributed by atoms with van der Waals surface area (Å²) in [6.45, 7) is 7.65. The Morgan fingerprint density at radius 2 is 2.06 bits per heavy atom. The third-order valence-electron chi connectivity index (χ3n) is 3.46. The fourth-order valence-corrected chi connectivity index (χ4v) is 2.20. The van der Waals surface area contributed by atoms with Gasteiger partial charge in [-0.2, -0.15) is 10.3 Å². The lowest BCUT2D eigenvalue weighted by atomic mass is 9.75. The molecule has 0 aromatic carbocycles. The van der Waals surface area contributed by atoms with Crippen molar-refractivity contribution in [2.24, 2.45) is 5.92 Å². The van der Waals surface area contributed by atoms with Gasteiger partial charge >= 0.3 is 5.97 Å². The fourth-order valence-electron chi connectivity index (χ4n) is 2.20. The molecule has 0 saturated heterocycles. The van der Waals surface area contributed by atoms with Crippen LogP contribution in [0.2, 0.25) is 0 Å². The van der Waals surface area contributed by atoms with Gasteiger partial charge in [0, 0.05) is 5.92 Å². The van der Waals surface area contributed by atoms with Gasteiger partial charge in [0.25, 0.3) is 0 Å². The summed E-state index contributed by atoms with van der Waals surface area (Å²) >= 11 is 0. The predicted molar refractivity (Wildman–Crippen MR) is 67.3 cm³/mol. The number of carbonyl (C=O) groups excluding carboxylic acids is 1. The van der Waals surface area contributed by atoms with E-state index >= 15 is 0 Å². The fraction of sp³-hybridized carbons (Fsp3) is 0.769. The van der Waals surface area contributed by atoms with E-state index in [2.05, 4.69) is 22.3 Å². The lowest BCUT2D eigenvalue weighted by Crippen LogP contribution is -2.26. The number of nitrogens with one attached hydrogen (secondary N) is 1. The SMILES string of the molecule is CC(c1n[nH]nc1C(=O)OC(C)(C)C)C1CCC1. The largest absolute Gasteiger partial charge is 0.455 e. The molecule has 0 radical (unpaired) electrons. The second kappa shape index (κ2) is 4.71. The lowest BCUT2D eigenvalue weighted by Gasteiger charge is -2.30. The molecule has 1 aliphatic rings. The van der Waals surface area contributed by atoms with Crippen LogP contribution in [-0.2, 0) is 4.74 Å². The minimum absolute atomic E-state index is 0.264. The van der Waals surface area contributed by atoms with E-state index in [1.807, 2.05) is 20.8 Å². The summed E-state index contributed by atoms with van der Waals surface area (Å²) in [6, 6.07) is 0. The van der Waals surface area contributed by atoms with E-state index in [1.54, 1.807) is 0 Å². The Bertz CT molecular complexity index is 430. The van der Waals surface area contributed by atoms with Crippen LogP contribution in [0.1, 0.15) is 69.1 Å². The molecule has 1 saturated carbocycles. The van der Waals surface area contributed by atoms with Crippen molar-refractivity contribution >= 4 is 5.97 Å². The maximum absolute atomic E-state index is 12.0. The number of hydrogen-bond acceptors (Lipinski definition) is 4. The smallest absolute Gasteiger partial charge is 0.361 e. The highest BCUT2D eigenvalue weighted by Crippen LogP contribution is 2.39. The average molecular weight is 251 g/mol. The third kappa shape index (κ3) is 2.71. The summed E-state index contributed by atoms with van der Waals surface area (Å²) in [4.78, 5) is 12.0. The molecule has 1 aromatic rings. The molecular formula is C13H21N3O2.